The van der Waals surface area contributed by atoms with Crippen LogP contribution in [0.15, 0.2) is 45.2 Å². The minimum absolute atomic E-state index is 0.509. The standard InChI is InChI=1S/C20H33N2O15P3/c1-4-5-6-7-13(2)14(3)9-11-33-38(27,28)36-40(31,32)37-39(29,30)34-12-15-17(24)18(25)19(35-15)22-10-8-16(23)21-20(22)26/h7-10,15,17-19,24-25H,4-6,11-12H2,1-3H3,(H,27,28)(H,29,30)(H,31,32)(H,21,23,26)/b13-7+,14-9+. The number of H-pyrrole nitrogens is 1. The molecule has 0 aliphatic carbocycles. The van der Waals surface area contributed by atoms with Crippen molar-refractivity contribution in [1.29, 1.82) is 0 Å². The van der Waals surface area contributed by atoms with Crippen LogP contribution in [-0.4, -0.2) is 66.0 Å². The predicted octanol–water partition coefficient (Wildman–Crippen LogP) is 1.61. The van der Waals surface area contributed by atoms with Crippen molar-refractivity contribution in [2.24, 2.45) is 0 Å². The zero-order chi connectivity index (χ0) is 30.3. The normalized spacial score (nSPS) is 26.7. The number of rotatable bonds is 15. The highest BCUT2D eigenvalue weighted by atomic mass is 31.3. The predicted molar refractivity (Wildman–Crippen MR) is 138 cm³/mol. The van der Waals surface area contributed by atoms with E-state index in [-0.39, 0.29) is 0 Å². The summed E-state index contributed by atoms with van der Waals surface area (Å²) in [5.74, 6) is 0. The zero-order valence-corrected chi connectivity index (χ0v) is 24.4. The first-order chi connectivity index (χ1) is 18.5. The van der Waals surface area contributed by atoms with Crippen LogP contribution in [0.4, 0.5) is 0 Å². The highest BCUT2D eigenvalue weighted by Crippen LogP contribution is 2.67. The Morgan fingerprint density at radius 1 is 1.00 bits per heavy atom. The Kier molecular flexibility index (Phi) is 12.6. The molecule has 2 heterocycles. The van der Waals surface area contributed by atoms with E-state index in [1.54, 1.807) is 6.92 Å². The lowest BCUT2D eigenvalue weighted by molar-refractivity contribution is -0.0542. The van der Waals surface area contributed by atoms with Gasteiger partial charge in [-0.25, -0.2) is 18.5 Å². The molecule has 7 atom stereocenters. The fraction of sp³-hybridized carbons (Fsp3) is 0.600. The molecule has 7 unspecified atom stereocenters. The van der Waals surface area contributed by atoms with Crippen molar-refractivity contribution in [1.82, 2.24) is 9.55 Å². The van der Waals surface area contributed by atoms with Gasteiger partial charge in [0.05, 0.1) is 13.2 Å². The van der Waals surface area contributed by atoms with E-state index in [9.17, 15) is 48.2 Å². The van der Waals surface area contributed by atoms with Gasteiger partial charge >= 0.3 is 29.2 Å². The monoisotopic (exact) mass is 634 g/mol. The summed E-state index contributed by atoms with van der Waals surface area (Å²) in [6, 6.07) is 0.940. The smallest absolute Gasteiger partial charge is 0.387 e. The molecule has 1 aliphatic heterocycles. The van der Waals surface area contributed by atoms with Crippen LogP contribution in [-0.2, 0) is 36.1 Å². The fourth-order valence-corrected chi connectivity index (χ4v) is 6.77. The van der Waals surface area contributed by atoms with Crippen molar-refractivity contribution in [3.8, 4) is 0 Å². The average molecular weight is 634 g/mol. The van der Waals surface area contributed by atoms with Gasteiger partial charge in [-0.1, -0.05) is 43.1 Å². The summed E-state index contributed by atoms with van der Waals surface area (Å²) in [6.07, 6.45) is 0.559. The van der Waals surface area contributed by atoms with Crippen LogP contribution in [0.2, 0.25) is 0 Å². The first-order valence-corrected chi connectivity index (χ1v) is 16.3. The number of nitrogens with one attached hydrogen (secondary N) is 1. The van der Waals surface area contributed by atoms with Crippen LogP contribution in [0.3, 0.4) is 0 Å². The Morgan fingerprint density at radius 2 is 1.60 bits per heavy atom. The van der Waals surface area contributed by atoms with E-state index < -0.39 is 72.5 Å². The molecule has 0 aromatic carbocycles. The van der Waals surface area contributed by atoms with Gasteiger partial charge < -0.3 is 29.6 Å². The Bertz CT molecular complexity index is 1340. The Hall–Kier alpha value is -1.55. The summed E-state index contributed by atoms with van der Waals surface area (Å²) in [4.78, 5) is 54.3. The maximum absolute atomic E-state index is 12.2. The van der Waals surface area contributed by atoms with Crippen LogP contribution >= 0.6 is 23.5 Å². The third kappa shape index (κ3) is 10.7. The quantitative estimate of drug-likeness (QED) is 0.0910. The molecule has 0 saturated carbocycles. The second-order valence-electron chi connectivity index (χ2n) is 8.64. The topological polar surface area (TPSA) is 253 Å². The lowest BCUT2D eigenvalue weighted by Gasteiger charge is -2.20. The summed E-state index contributed by atoms with van der Waals surface area (Å²) < 4.78 is 59.4. The molecule has 20 heteroatoms. The lowest BCUT2D eigenvalue weighted by Crippen LogP contribution is -2.37. The van der Waals surface area contributed by atoms with Crippen molar-refractivity contribution in [3.05, 3.63) is 56.4 Å². The molecule has 228 valence electrons. The van der Waals surface area contributed by atoms with Crippen molar-refractivity contribution < 1.29 is 61.0 Å². The molecule has 0 bridgehead atoms. The van der Waals surface area contributed by atoms with Crippen LogP contribution in [0.25, 0.3) is 0 Å². The number of hydrogen-bond donors (Lipinski definition) is 6. The first-order valence-electron chi connectivity index (χ1n) is 11.8. The number of aromatic nitrogens is 2. The van der Waals surface area contributed by atoms with E-state index in [1.165, 1.54) is 6.08 Å². The van der Waals surface area contributed by atoms with Gasteiger partial charge in [0, 0.05) is 12.3 Å². The maximum atomic E-state index is 12.2. The van der Waals surface area contributed by atoms with Gasteiger partial charge in [-0.3, -0.25) is 23.4 Å². The lowest BCUT2D eigenvalue weighted by atomic mass is 10.1. The van der Waals surface area contributed by atoms with Gasteiger partial charge in [0.1, 0.15) is 18.3 Å². The van der Waals surface area contributed by atoms with Gasteiger partial charge in [-0.15, -0.1) is 0 Å². The summed E-state index contributed by atoms with van der Waals surface area (Å²) in [5, 5.41) is 20.3. The Balaban J connectivity index is 1.94. The number of phosphoric acid groups is 3. The van der Waals surface area contributed by atoms with Crippen LogP contribution in [0.5, 0.6) is 0 Å². The number of aliphatic hydroxyl groups excluding tert-OH is 2. The van der Waals surface area contributed by atoms with Crippen LogP contribution < -0.4 is 11.2 Å². The molecule has 1 aliphatic rings. The summed E-state index contributed by atoms with van der Waals surface area (Å²) in [6.45, 7) is 4.05. The molecule has 0 amide bonds. The van der Waals surface area contributed by atoms with Gasteiger partial charge in [-0.2, -0.15) is 8.62 Å². The number of nitrogens with zero attached hydrogens (tertiary/aromatic N) is 1. The van der Waals surface area contributed by atoms with Crippen molar-refractivity contribution in [3.63, 3.8) is 0 Å². The minimum Gasteiger partial charge on any atom is -0.387 e. The second-order valence-corrected chi connectivity index (χ2v) is 13.3. The van der Waals surface area contributed by atoms with Gasteiger partial charge in [0.25, 0.3) is 5.56 Å². The van der Waals surface area contributed by atoms with Crippen LogP contribution in [0.1, 0.15) is 46.3 Å². The number of allylic oxidation sites excluding steroid dienone is 3. The van der Waals surface area contributed by atoms with Crippen molar-refractivity contribution in [2.75, 3.05) is 13.2 Å². The minimum atomic E-state index is -5.74. The molecule has 1 aromatic rings. The highest BCUT2D eigenvalue weighted by Gasteiger charge is 2.47. The molecule has 0 spiro atoms. The van der Waals surface area contributed by atoms with Crippen molar-refractivity contribution >= 4 is 23.5 Å². The number of hydrogen-bond acceptors (Lipinski definition) is 12. The molecule has 1 saturated heterocycles. The summed E-state index contributed by atoms with van der Waals surface area (Å²) in [7, 11) is -16.5. The molecule has 17 nitrogen and oxygen atoms in total. The molecule has 40 heavy (non-hydrogen) atoms. The zero-order valence-electron chi connectivity index (χ0n) is 21.8. The molecule has 1 aromatic heterocycles. The highest BCUT2D eigenvalue weighted by molar-refractivity contribution is 7.66. The van der Waals surface area contributed by atoms with E-state index in [0.29, 0.717) is 5.57 Å². The number of aliphatic hydroxyl groups is 2. The Labute approximate surface area is 228 Å². The largest absolute Gasteiger partial charge is 0.490 e. The van der Waals surface area contributed by atoms with E-state index in [0.717, 1.165) is 41.7 Å². The number of phosphoric ester groups is 2. The SMILES string of the molecule is CCCC/C=C(C)/C(C)=C/COP(=O)(O)OP(=O)(O)OP(=O)(O)OCC1OC(n2ccc(=O)[nH]c2=O)C(O)C1O. The first kappa shape index (κ1) is 34.7. The molecular weight excluding hydrogens is 601 g/mol. The third-order valence-corrected chi connectivity index (χ3v) is 9.79. The summed E-state index contributed by atoms with van der Waals surface area (Å²) >= 11 is 0. The second kappa shape index (κ2) is 14.6. The molecule has 1 fully saturated rings. The van der Waals surface area contributed by atoms with Crippen molar-refractivity contribution in [2.45, 2.75) is 64.6 Å². The third-order valence-electron chi connectivity index (χ3n) is 5.53. The van der Waals surface area contributed by atoms with E-state index in [1.807, 2.05) is 24.9 Å². The van der Waals surface area contributed by atoms with Gasteiger partial charge in [-0.05, 0) is 20.3 Å². The molecule has 0 radical (unpaired) electrons. The van der Waals surface area contributed by atoms with E-state index >= 15 is 0 Å². The molecule has 2 rings (SSSR count). The van der Waals surface area contributed by atoms with Gasteiger partial charge in [0.15, 0.2) is 6.23 Å². The number of unbranched alkanes of at least 4 members (excludes halogenated alkanes) is 2. The molecule has 6 N–H and O–H groups in total. The maximum Gasteiger partial charge on any atom is 0.490 e. The molecular formula is C20H33N2O15P3. The summed E-state index contributed by atoms with van der Waals surface area (Å²) in [5.41, 5.74) is -0.125. The number of aromatic amines is 1. The van der Waals surface area contributed by atoms with E-state index in [2.05, 4.69) is 17.7 Å². The Morgan fingerprint density at radius 3 is 2.20 bits per heavy atom. The number of ether oxygens (including phenoxy) is 1. The van der Waals surface area contributed by atoms with Crippen LogP contribution in [0, 0.1) is 0 Å². The average Bonchev–Trinajstić information content (AvgIpc) is 3.09. The van der Waals surface area contributed by atoms with Gasteiger partial charge in [0.2, 0.25) is 0 Å². The van der Waals surface area contributed by atoms with E-state index in [4.69, 9.17) is 4.74 Å². The fourth-order valence-electron chi connectivity index (χ4n) is 3.32.